The zero-order valence-corrected chi connectivity index (χ0v) is 22.2. The van der Waals surface area contributed by atoms with E-state index in [1.54, 1.807) is 12.1 Å². The highest BCUT2D eigenvalue weighted by Crippen LogP contribution is 2.31. The van der Waals surface area contributed by atoms with Crippen LogP contribution in [0, 0.1) is 23.4 Å². The first kappa shape index (κ1) is 26.7. The third-order valence-electron chi connectivity index (χ3n) is 7.11. The number of amides is 1. The summed E-state index contributed by atoms with van der Waals surface area (Å²) in [6.45, 7) is 7.02. The normalized spacial score (nSPS) is 14.4. The minimum atomic E-state index is -0.711. The highest BCUT2D eigenvalue weighted by molar-refractivity contribution is 6.08. The van der Waals surface area contributed by atoms with E-state index in [0.29, 0.717) is 47.6 Å². The number of anilines is 2. The molecule has 5 rings (SSSR count). The Morgan fingerprint density at radius 3 is 2.49 bits per heavy atom. The van der Waals surface area contributed by atoms with E-state index in [2.05, 4.69) is 39.2 Å². The summed E-state index contributed by atoms with van der Waals surface area (Å²) in [5.74, 6) is -2.18. The van der Waals surface area contributed by atoms with Gasteiger partial charge in [0.05, 0.1) is 34.2 Å². The van der Waals surface area contributed by atoms with E-state index >= 15 is 13.2 Å². The van der Waals surface area contributed by atoms with Crippen molar-refractivity contribution in [1.82, 2.24) is 20.1 Å². The number of likely N-dealkylation sites (N-methyl/N-ethyl adjacent to an activating group) is 1. The SMILES string of the molecule is CC(C)CCc1cc(F)c(-c2cc3c(NC(=O)c4cccc(N5CCN(C)CC5)c4F)n[nH]c3cn2)c(F)c1. The Labute approximate surface area is 225 Å². The molecule has 0 atom stereocenters. The summed E-state index contributed by atoms with van der Waals surface area (Å²) in [6, 6.07) is 8.85. The molecule has 1 amide bonds. The van der Waals surface area contributed by atoms with Crippen LogP contribution in [0.1, 0.15) is 36.2 Å². The summed E-state index contributed by atoms with van der Waals surface area (Å²) in [6.07, 6.45) is 2.79. The molecule has 4 aromatic rings. The van der Waals surface area contributed by atoms with Crippen LogP contribution in [-0.4, -0.2) is 59.2 Å². The summed E-state index contributed by atoms with van der Waals surface area (Å²) >= 11 is 0. The number of nitrogens with zero attached hydrogens (tertiary/aromatic N) is 4. The van der Waals surface area contributed by atoms with Crippen LogP contribution in [-0.2, 0) is 6.42 Å². The summed E-state index contributed by atoms with van der Waals surface area (Å²) in [4.78, 5) is 21.4. The molecule has 0 radical (unpaired) electrons. The van der Waals surface area contributed by atoms with Crippen molar-refractivity contribution in [3.05, 3.63) is 71.2 Å². The molecule has 0 spiro atoms. The second-order valence-electron chi connectivity index (χ2n) is 10.4. The first-order valence-electron chi connectivity index (χ1n) is 13.1. The predicted molar refractivity (Wildman–Crippen MR) is 146 cm³/mol. The fraction of sp³-hybridized carbons (Fsp3) is 0.345. The quantitative estimate of drug-likeness (QED) is 0.320. The first-order chi connectivity index (χ1) is 18.7. The summed E-state index contributed by atoms with van der Waals surface area (Å²) in [7, 11) is 2.01. The Kier molecular flexibility index (Phi) is 7.56. The van der Waals surface area contributed by atoms with E-state index in [1.807, 2.05) is 11.9 Å². The number of benzene rings is 2. The van der Waals surface area contributed by atoms with Gasteiger partial charge in [0, 0.05) is 31.6 Å². The van der Waals surface area contributed by atoms with Crippen molar-refractivity contribution < 1.29 is 18.0 Å². The van der Waals surface area contributed by atoms with Crippen LogP contribution in [0.5, 0.6) is 0 Å². The molecule has 2 aromatic heterocycles. The van der Waals surface area contributed by atoms with Crippen molar-refractivity contribution in [2.75, 3.05) is 43.4 Å². The molecule has 0 unspecified atom stereocenters. The first-order valence-corrected chi connectivity index (χ1v) is 13.1. The molecule has 1 saturated heterocycles. The average Bonchev–Trinajstić information content (AvgIpc) is 3.29. The van der Waals surface area contributed by atoms with Crippen LogP contribution in [0.25, 0.3) is 22.2 Å². The Morgan fingerprint density at radius 1 is 1.08 bits per heavy atom. The minimum absolute atomic E-state index is 0.0630. The predicted octanol–water partition coefficient (Wildman–Crippen LogP) is 5.63. The molecule has 204 valence electrons. The number of fused-ring (bicyclic) bond motifs is 1. The van der Waals surface area contributed by atoms with Gasteiger partial charge in [-0.25, -0.2) is 13.2 Å². The number of halogens is 3. The summed E-state index contributed by atoms with van der Waals surface area (Å²) in [5, 5.41) is 9.91. The molecule has 0 saturated carbocycles. The topological polar surface area (TPSA) is 77.2 Å². The van der Waals surface area contributed by atoms with E-state index < -0.39 is 23.4 Å². The number of pyridine rings is 1. The zero-order chi connectivity index (χ0) is 27.7. The number of carbonyl (C=O) groups is 1. The molecule has 1 fully saturated rings. The van der Waals surface area contributed by atoms with Gasteiger partial charge in [-0.05, 0) is 61.7 Å². The lowest BCUT2D eigenvalue weighted by atomic mass is 9.99. The van der Waals surface area contributed by atoms with Gasteiger partial charge in [0.2, 0.25) is 0 Å². The van der Waals surface area contributed by atoms with Gasteiger partial charge in [-0.1, -0.05) is 19.9 Å². The highest BCUT2D eigenvalue weighted by Gasteiger charge is 2.23. The van der Waals surface area contributed by atoms with Crippen molar-refractivity contribution in [3.63, 3.8) is 0 Å². The molecular weight excluding hydrogens is 505 g/mol. The maximum absolute atomic E-state index is 15.4. The second-order valence-corrected chi connectivity index (χ2v) is 10.4. The van der Waals surface area contributed by atoms with Gasteiger partial charge in [-0.15, -0.1) is 0 Å². The van der Waals surface area contributed by atoms with Crippen molar-refractivity contribution in [2.45, 2.75) is 26.7 Å². The fourth-order valence-electron chi connectivity index (χ4n) is 4.78. The van der Waals surface area contributed by atoms with Crippen molar-refractivity contribution in [3.8, 4) is 11.3 Å². The number of nitrogens with one attached hydrogen (secondary N) is 2. The van der Waals surface area contributed by atoms with E-state index in [-0.39, 0.29) is 22.6 Å². The molecule has 3 heterocycles. The molecule has 0 bridgehead atoms. The van der Waals surface area contributed by atoms with Gasteiger partial charge in [0.1, 0.15) is 11.6 Å². The lowest BCUT2D eigenvalue weighted by Crippen LogP contribution is -2.44. The molecular formula is C29H31F3N6O. The number of aryl methyl sites for hydroxylation is 1. The van der Waals surface area contributed by atoms with E-state index in [0.717, 1.165) is 19.5 Å². The zero-order valence-electron chi connectivity index (χ0n) is 22.2. The standard InChI is InChI=1S/C29H31F3N6O/c1-17(2)7-8-18-13-21(30)26(22(31)14-18)23-15-20-24(16-33-23)35-36-28(20)34-29(39)19-5-4-6-25(27(19)32)38-11-9-37(3)10-12-38/h4-6,13-17H,7-12H2,1-3H3,(H2,34,35,36,39). The molecule has 0 aliphatic carbocycles. The Balaban J connectivity index is 1.41. The lowest BCUT2D eigenvalue weighted by molar-refractivity contribution is 0.102. The number of rotatable bonds is 7. The minimum Gasteiger partial charge on any atom is -0.367 e. The Morgan fingerprint density at radius 2 is 1.79 bits per heavy atom. The number of H-pyrrole nitrogens is 1. The molecule has 2 aromatic carbocycles. The Bertz CT molecular complexity index is 1490. The second kappa shape index (κ2) is 11.1. The van der Waals surface area contributed by atoms with Gasteiger partial charge < -0.3 is 15.1 Å². The van der Waals surface area contributed by atoms with Crippen molar-refractivity contribution in [2.24, 2.45) is 5.92 Å². The van der Waals surface area contributed by atoms with Crippen LogP contribution in [0.4, 0.5) is 24.7 Å². The average molecular weight is 537 g/mol. The van der Waals surface area contributed by atoms with Crippen LogP contribution in [0.2, 0.25) is 0 Å². The monoisotopic (exact) mass is 536 g/mol. The smallest absolute Gasteiger partial charge is 0.259 e. The number of hydrogen-bond donors (Lipinski definition) is 2. The molecule has 2 N–H and O–H groups in total. The Hall–Kier alpha value is -3.92. The lowest BCUT2D eigenvalue weighted by Gasteiger charge is -2.34. The fourth-order valence-corrected chi connectivity index (χ4v) is 4.78. The summed E-state index contributed by atoms with van der Waals surface area (Å²) < 4.78 is 45.4. The number of piperazine rings is 1. The molecule has 1 aliphatic rings. The number of aromatic nitrogens is 3. The van der Waals surface area contributed by atoms with Crippen molar-refractivity contribution in [1.29, 1.82) is 0 Å². The van der Waals surface area contributed by atoms with Crippen LogP contribution in [0.15, 0.2) is 42.6 Å². The number of carbonyl (C=O) groups excluding carboxylic acids is 1. The third kappa shape index (κ3) is 5.61. The molecule has 7 nitrogen and oxygen atoms in total. The van der Waals surface area contributed by atoms with Gasteiger partial charge in [-0.2, -0.15) is 5.10 Å². The van der Waals surface area contributed by atoms with Gasteiger partial charge in [0.15, 0.2) is 11.6 Å². The summed E-state index contributed by atoms with van der Waals surface area (Å²) in [5.41, 5.74) is 1.10. The van der Waals surface area contributed by atoms with Crippen molar-refractivity contribution >= 4 is 28.3 Å². The van der Waals surface area contributed by atoms with Gasteiger partial charge >= 0.3 is 0 Å². The van der Waals surface area contributed by atoms with Crippen LogP contribution >= 0.6 is 0 Å². The highest BCUT2D eigenvalue weighted by atomic mass is 19.1. The van der Waals surface area contributed by atoms with E-state index in [4.69, 9.17) is 0 Å². The molecule has 1 aliphatic heterocycles. The van der Waals surface area contributed by atoms with E-state index in [1.165, 1.54) is 30.5 Å². The van der Waals surface area contributed by atoms with Crippen LogP contribution in [0.3, 0.4) is 0 Å². The van der Waals surface area contributed by atoms with Gasteiger partial charge in [0.25, 0.3) is 5.91 Å². The number of hydrogen-bond acceptors (Lipinski definition) is 5. The maximum atomic E-state index is 15.4. The number of aromatic amines is 1. The van der Waals surface area contributed by atoms with E-state index in [9.17, 15) is 4.79 Å². The van der Waals surface area contributed by atoms with Crippen LogP contribution < -0.4 is 10.2 Å². The third-order valence-corrected chi connectivity index (χ3v) is 7.11. The largest absolute Gasteiger partial charge is 0.367 e. The van der Waals surface area contributed by atoms with Gasteiger partial charge in [-0.3, -0.25) is 14.9 Å². The molecule has 39 heavy (non-hydrogen) atoms. The molecule has 10 heteroatoms. The maximum Gasteiger partial charge on any atom is 0.259 e.